The fourth-order valence-corrected chi connectivity index (χ4v) is 4.10. The molecule has 0 unspecified atom stereocenters. The highest BCUT2D eigenvalue weighted by Gasteiger charge is 2.60. The monoisotopic (exact) mass is 411 g/mol. The zero-order chi connectivity index (χ0) is 20.4. The summed E-state index contributed by atoms with van der Waals surface area (Å²) in [6, 6.07) is 15.8. The van der Waals surface area contributed by atoms with Gasteiger partial charge >= 0.3 is 15.5 Å². The van der Waals surface area contributed by atoms with Crippen molar-refractivity contribution in [2.75, 3.05) is 11.9 Å². The van der Waals surface area contributed by atoms with Crippen LogP contribution in [-0.2, 0) is 20.5 Å². The summed E-state index contributed by atoms with van der Waals surface area (Å²) in [7, 11) is -4.06. The quantitative estimate of drug-likeness (QED) is 0.825. The fourth-order valence-electron chi connectivity index (χ4n) is 3.49. The van der Waals surface area contributed by atoms with Gasteiger partial charge in [-0.2, -0.15) is 21.6 Å². The molecule has 28 heavy (non-hydrogen) atoms. The van der Waals surface area contributed by atoms with Crippen LogP contribution in [0.2, 0.25) is 0 Å². The van der Waals surface area contributed by atoms with Gasteiger partial charge in [0.25, 0.3) is 0 Å². The molecule has 0 saturated carbocycles. The van der Waals surface area contributed by atoms with Crippen LogP contribution in [0.4, 0.5) is 18.9 Å². The number of benzene rings is 2. The van der Waals surface area contributed by atoms with Crippen molar-refractivity contribution in [3.8, 4) is 0 Å². The normalized spacial score (nSPS) is 26.6. The summed E-state index contributed by atoms with van der Waals surface area (Å²) in [5.41, 5.74) is -6.66. The van der Waals surface area contributed by atoms with Gasteiger partial charge in [-0.1, -0.05) is 48.5 Å². The van der Waals surface area contributed by atoms with Gasteiger partial charge < -0.3 is 9.64 Å². The van der Waals surface area contributed by atoms with Crippen LogP contribution in [0.5, 0.6) is 0 Å². The summed E-state index contributed by atoms with van der Waals surface area (Å²) < 4.78 is 70.3. The largest absolute Gasteiger partial charge is 0.516 e. The van der Waals surface area contributed by atoms with Crippen LogP contribution in [0.15, 0.2) is 59.6 Å². The molecule has 0 radical (unpaired) electrons. The Morgan fingerprint density at radius 1 is 1.07 bits per heavy atom. The highest BCUT2D eigenvalue weighted by Crippen LogP contribution is 2.53. The minimum atomic E-state index is -5.67. The van der Waals surface area contributed by atoms with Crippen LogP contribution in [0.25, 0.3) is 0 Å². The third-order valence-electron chi connectivity index (χ3n) is 5.03. The SMILES string of the molecule is CN1c2ccccc2[C@]2(c3ccccc3)N=C(NS(=O)(=O)C(F)(F)F)[C@@]1(C)O2. The molecule has 2 atom stereocenters. The summed E-state index contributed by atoms with van der Waals surface area (Å²) in [4.78, 5) is 5.94. The van der Waals surface area contributed by atoms with Gasteiger partial charge in [0.15, 0.2) is 5.84 Å². The number of likely N-dealkylation sites (N-methyl/N-ethyl adjacent to an activating group) is 1. The number of hydrogen-bond donors (Lipinski definition) is 1. The van der Waals surface area contributed by atoms with E-state index < -0.39 is 32.8 Å². The van der Waals surface area contributed by atoms with Crippen LogP contribution >= 0.6 is 0 Å². The molecule has 0 aromatic heterocycles. The van der Waals surface area contributed by atoms with Gasteiger partial charge in [-0.3, -0.25) is 4.72 Å². The molecule has 2 aliphatic rings. The van der Waals surface area contributed by atoms with Gasteiger partial charge in [-0.05, 0) is 13.0 Å². The smallest absolute Gasteiger partial charge is 0.340 e. The number of sulfonamides is 1. The van der Waals surface area contributed by atoms with E-state index in [4.69, 9.17) is 4.74 Å². The molecule has 2 bridgehead atoms. The summed E-state index contributed by atoms with van der Waals surface area (Å²) in [5.74, 6) is -0.438. The molecule has 0 spiro atoms. The van der Waals surface area contributed by atoms with Gasteiger partial charge in [0, 0.05) is 23.9 Å². The topological polar surface area (TPSA) is 71.0 Å². The molecule has 0 amide bonds. The van der Waals surface area contributed by atoms with E-state index in [1.807, 2.05) is 0 Å². The van der Waals surface area contributed by atoms with Gasteiger partial charge in [0.2, 0.25) is 11.4 Å². The van der Waals surface area contributed by atoms with Gasteiger partial charge in [-0.15, -0.1) is 0 Å². The van der Waals surface area contributed by atoms with Crippen molar-refractivity contribution in [2.24, 2.45) is 4.99 Å². The summed E-state index contributed by atoms with van der Waals surface area (Å²) in [6.07, 6.45) is 0. The Morgan fingerprint density at radius 3 is 2.32 bits per heavy atom. The second-order valence-electron chi connectivity index (χ2n) is 6.68. The summed E-state index contributed by atoms with van der Waals surface area (Å²) in [6.45, 7) is 1.48. The predicted molar refractivity (Wildman–Crippen MR) is 97.1 cm³/mol. The Morgan fingerprint density at radius 2 is 1.68 bits per heavy atom. The molecule has 2 heterocycles. The third kappa shape index (κ3) is 2.44. The molecule has 1 N–H and O–H groups in total. The Balaban J connectivity index is 1.96. The number of halogens is 3. The number of fused-ring (bicyclic) bond motifs is 4. The molecule has 148 valence electrons. The second kappa shape index (κ2) is 5.71. The highest BCUT2D eigenvalue weighted by molar-refractivity contribution is 7.90. The minimum absolute atomic E-state index is 0.438. The number of anilines is 1. The number of alkyl halides is 3. The lowest BCUT2D eigenvalue weighted by molar-refractivity contribution is -0.0789. The van der Waals surface area contributed by atoms with E-state index in [1.165, 1.54) is 6.92 Å². The summed E-state index contributed by atoms with van der Waals surface area (Å²) >= 11 is 0. The van der Waals surface area contributed by atoms with Crippen LogP contribution in [0, 0.1) is 0 Å². The zero-order valence-electron chi connectivity index (χ0n) is 14.9. The molecule has 2 aromatic carbocycles. The Kier molecular flexibility index (Phi) is 3.82. The lowest BCUT2D eigenvalue weighted by Crippen LogP contribution is -2.60. The maximum absolute atomic E-state index is 13.0. The van der Waals surface area contributed by atoms with E-state index in [0.717, 1.165) is 0 Å². The van der Waals surface area contributed by atoms with Crippen LogP contribution in [0.3, 0.4) is 0 Å². The first-order valence-electron chi connectivity index (χ1n) is 8.30. The Labute approximate surface area is 159 Å². The van der Waals surface area contributed by atoms with E-state index in [0.29, 0.717) is 16.8 Å². The van der Waals surface area contributed by atoms with Crippen molar-refractivity contribution in [3.63, 3.8) is 0 Å². The van der Waals surface area contributed by atoms with E-state index >= 15 is 0 Å². The van der Waals surface area contributed by atoms with Crippen LogP contribution < -0.4 is 9.62 Å². The third-order valence-corrected chi connectivity index (χ3v) is 6.10. The lowest BCUT2D eigenvalue weighted by atomic mass is 9.91. The number of hydrogen-bond acceptors (Lipinski definition) is 5. The standard InChI is InChI=1S/C18H16F3N3O3S/c1-16-15(23-28(25,26)18(19,20)21)22-17(27-16,12-8-4-3-5-9-12)13-10-6-7-11-14(13)24(16)2/h3-11H,1-2H3,(H,22,23)/t16-,17-/m1/s1. The molecule has 0 aliphatic carbocycles. The number of nitrogens with zero attached hydrogens (tertiary/aromatic N) is 2. The van der Waals surface area contributed by atoms with Crippen molar-refractivity contribution in [1.29, 1.82) is 0 Å². The predicted octanol–water partition coefficient (Wildman–Crippen LogP) is 2.92. The van der Waals surface area contributed by atoms with E-state index in [9.17, 15) is 21.6 Å². The molecule has 10 heteroatoms. The van der Waals surface area contributed by atoms with Crippen LogP contribution in [0.1, 0.15) is 18.1 Å². The number of para-hydroxylation sites is 1. The molecular weight excluding hydrogens is 395 g/mol. The first-order valence-corrected chi connectivity index (χ1v) is 9.78. The van der Waals surface area contributed by atoms with E-state index in [-0.39, 0.29) is 0 Å². The number of aliphatic imine (C=N–C) groups is 1. The van der Waals surface area contributed by atoms with Crippen molar-refractivity contribution in [3.05, 3.63) is 65.7 Å². The molecular formula is C18H16F3N3O3S. The van der Waals surface area contributed by atoms with Gasteiger partial charge in [0.1, 0.15) is 0 Å². The number of ether oxygens (including phenoxy) is 1. The van der Waals surface area contributed by atoms with Crippen LogP contribution in [-0.4, -0.2) is 32.5 Å². The number of amidine groups is 1. The molecule has 0 fully saturated rings. The molecule has 2 aromatic rings. The van der Waals surface area contributed by atoms with Crippen molar-refractivity contribution in [2.45, 2.75) is 23.9 Å². The average Bonchev–Trinajstić information content (AvgIpc) is 2.91. The number of rotatable bonds is 2. The fraction of sp³-hybridized carbons (Fsp3) is 0.278. The Hall–Kier alpha value is -2.59. The lowest BCUT2D eigenvalue weighted by Gasteiger charge is -2.46. The maximum atomic E-state index is 13.0. The minimum Gasteiger partial charge on any atom is -0.340 e. The Bertz CT molecular complexity index is 1070. The van der Waals surface area contributed by atoms with Crippen molar-refractivity contribution in [1.82, 2.24) is 4.72 Å². The average molecular weight is 411 g/mol. The first-order chi connectivity index (χ1) is 13.0. The summed E-state index contributed by atoms with van der Waals surface area (Å²) in [5, 5.41) is 0. The zero-order valence-corrected chi connectivity index (χ0v) is 15.7. The molecule has 2 aliphatic heterocycles. The van der Waals surface area contributed by atoms with E-state index in [1.54, 1.807) is 71.3 Å². The van der Waals surface area contributed by atoms with Crippen molar-refractivity contribution >= 4 is 21.5 Å². The van der Waals surface area contributed by atoms with Gasteiger partial charge in [0.05, 0.1) is 0 Å². The molecule has 6 nitrogen and oxygen atoms in total. The number of nitrogens with one attached hydrogen (secondary N) is 1. The second-order valence-corrected chi connectivity index (χ2v) is 8.36. The molecule has 0 saturated heterocycles. The highest BCUT2D eigenvalue weighted by atomic mass is 32.2. The molecule has 4 rings (SSSR count). The van der Waals surface area contributed by atoms with Crippen molar-refractivity contribution < 1.29 is 26.3 Å². The first kappa shape index (κ1) is 18.8. The maximum Gasteiger partial charge on any atom is 0.516 e. The van der Waals surface area contributed by atoms with E-state index in [2.05, 4.69) is 4.99 Å². The van der Waals surface area contributed by atoms with Gasteiger partial charge in [-0.25, -0.2) is 4.99 Å².